The van der Waals surface area contributed by atoms with Crippen molar-refractivity contribution in [1.29, 1.82) is 0 Å². The van der Waals surface area contributed by atoms with Crippen LogP contribution >= 0.6 is 0 Å². The molecule has 174 valence electrons. The molecule has 1 N–H and O–H groups in total. The number of nitrogens with zero attached hydrogens (tertiary/aromatic N) is 1. The molecule has 0 atom stereocenters. The molecular formula is C26H30N2O4S. The fraction of sp³-hybridized carbons (Fsp3) is 0.269. The van der Waals surface area contributed by atoms with E-state index in [1.165, 1.54) is 16.4 Å². The van der Waals surface area contributed by atoms with E-state index in [1.807, 2.05) is 52.0 Å². The quantitative estimate of drug-likeness (QED) is 0.477. The minimum atomic E-state index is -3.93. The summed E-state index contributed by atoms with van der Waals surface area (Å²) in [6.45, 7) is 7.93. The lowest BCUT2D eigenvalue weighted by Gasteiger charge is -2.26. The van der Waals surface area contributed by atoms with Gasteiger partial charge in [0.15, 0.2) is 0 Å². The zero-order valence-corrected chi connectivity index (χ0v) is 20.3. The molecule has 1 amide bonds. The standard InChI is InChI=1S/C26H30N2O4S/c1-19-10-11-22(4)25(17-19)28(33(30,31)24-8-6-5-7-9-24)18-26(29)27-12-13-32-23-15-20(2)14-21(3)16-23/h5-11,14-17H,12-13,18H2,1-4H3,(H,27,29). The molecule has 0 aromatic heterocycles. The molecule has 0 saturated carbocycles. The van der Waals surface area contributed by atoms with E-state index in [4.69, 9.17) is 4.74 Å². The van der Waals surface area contributed by atoms with Gasteiger partial charge in [-0.15, -0.1) is 0 Å². The lowest BCUT2D eigenvalue weighted by molar-refractivity contribution is -0.119. The Morgan fingerprint density at radius 1 is 0.879 bits per heavy atom. The number of benzene rings is 3. The molecule has 0 spiro atoms. The average Bonchev–Trinajstić information content (AvgIpc) is 2.77. The van der Waals surface area contributed by atoms with Crippen molar-refractivity contribution in [2.24, 2.45) is 0 Å². The maximum atomic E-state index is 13.4. The summed E-state index contributed by atoms with van der Waals surface area (Å²) in [5.74, 6) is 0.338. The molecule has 0 unspecified atom stereocenters. The molecule has 0 aliphatic carbocycles. The molecule has 3 rings (SSSR count). The van der Waals surface area contributed by atoms with Gasteiger partial charge in [-0.2, -0.15) is 0 Å². The second-order valence-corrected chi connectivity index (χ2v) is 10.00. The summed E-state index contributed by atoms with van der Waals surface area (Å²) in [4.78, 5) is 12.9. The Morgan fingerprint density at radius 2 is 1.55 bits per heavy atom. The van der Waals surface area contributed by atoms with Gasteiger partial charge in [0.05, 0.1) is 17.1 Å². The number of ether oxygens (including phenoxy) is 1. The second-order valence-electron chi connectivity index (χ2n) is 8.14. The number of carbonyl (C=O) groups is 1. The van der Waals surface area contributed by atoms with Gasteiger partial charge in [-0.1, -0.05) is 36.4 Å². The highest BCUT2D eigenvalue weighted by atomic mass is 32.2. The summed E-state index contributed by atoms with van der Waals surface area (Å²) in [5, 5.41) is 2.77. The van der Waals surface area contributed by atoms with Crippen molar-refractivity contribution < 1.29 is 17.9 Å². The Kier molecular flexibility index (Phi) is 7.76. The van der Waals surface area contributed by atoms with E-state index < -0.39 is 15.9 Å². The topological polar surface area (TPSA) is 75.7 Å². The van der Waals surface area contributed by atoms with Gasteiger partial charge in [0.25, 0.3) is 10.0 Å². The Labute approximate surface area is 196 Å². The predicted molar refractivity (Wildman–Crippen MR) is 131 cm³/mol. The van der Waals surface area contributed by atoms with Crippen molar-refractivity contribution in [3.63, 3.8) is 0 Å². The minimum absolute atomic E-state index is 0.136. The molecule has 0 radical (unpaired) electrons. The second kappa shape index (κ2) is 10.5. The van der Waals surface area contributed by atoms with Crippen LogP contribution < -0.4 is 14.4 Å². The molecule has 33 heavy (non-hydrogen) atoms. The van der Waals surface area contributed by atoms with Crippen LogP contribution in [0.2, 0.25) is 0 Å². The highest BCUT2D eigenvalue weighted by molar-refractivity contribution is 7.92. The van der Waals surface area contributed by atoms with Crippen molar-refractivity contribution in [3.8, 4) is 5.75 Å². The molecule has 0 heterocycles. The van der Waals surface area contributed by atoms with Gasteiger partial charge in [0, 0.05) is 0 Å². The number of amides is 1. The van der Waals surface area contributed by atoms with E-state index in [-0.39, 0.29) is 24.6 Å². The highest BCUT2D eigenvalue weighted by Crippen LogP contribution is 2.27. The molecule has 0 aliphatic heterocycles. The smallest absolute Gasteiger partial charge is 0.264 e. The first-order valence-corrected chi connectivity index (χ1v) is 12.2. The number of hydrogen-bond acceptors (Lipinski definition) is 4. The van der Waals surface area contributed by atoms with Gasteiger partial charge in [-0.25, -0.2) is 8.42 Å². The van der Waals surface area contributed by atoms with Crippen LogP contribution in [0.15, 0.2) is 71.6 Å². The monoisotopic (exact) mass is 466 g/mol. The van der Waals surface area contributed by atoms with E-state index in [1.54, 1.807) is 24.3 Å². The van der Waals surface area contributed by atoms with E-state index in [2.05, 4.69) is 11.4 Å². The number of rotatable bonds is 9. The number of nitrogens with one attached hydrogen (secondary N) is 1. The van der Waals surface area contributed by atoms with Gasteiger partial charge >= 0.3 is 0 Å². The van der Waals surface area contributed by atoms with E-state index in [9.17, 15) is 13.2 Å². The van der Waals surface area contributed by atoms with Crippen molar-refractivity contribution in [1.82, 2.24) is 5.32 Å². The van der Waals surface area contributed by atoms with E-state index in [0.717, 1.165) is 28.0 Å². The van der Waals surface area contributed by atoms with E-state index >= 15 is 0 Å². The first-order chi connectivity index (χ1) is 15.7. The Hall–Kier alpha value is -3.32. The average molecular weight is 467 g/mol. The highest BCUT2D eigenvalue weighted by Gasteiger charge is 2.28. The number of aryl methyl sites for hydroxylation is 4. The van der Waals surface area contributed by atoms with Crippen LogP contribution in [-0.2, 0) is 14.8 Å². The van der Waals surface area contributed by atoms with Gasteiger partial charge < -0.3 is 10.1 Å². The molecule has 0 bridgehead atoms. The van der Waals surface area contributed by atoms with Crippen LogP contribution in [0.4, 0.5) is 5.69 Å². The molecule has 0 aliphatic rings. The van der Waals surface area contributed by atoms with E-state index in [0.29, 0.717) is 5.69 Å². The van der Waals surface area contributed by atoms with Crippen LogP contribution in [0.25, 0.3) is 0 Å². The van der Waals surface area contributed by atoms with Crippen molar-refractivity contribution >= 4 is 21.6 Å². The predicted octanol–water partition coefficient (Wildman–Crippen LogP) is 4.31. The molecule has 0 fully saturated rings. The number of carbonyl (C=O) groups excluding carboxylic acids is 1. The normalized spacial score (nSPS) is 11.2. The van der Waals surface area contributed by atoms with Crippen LogP contribution in [0.5, 0.6) is 5.75 Å². The first-order valence-electron chi connectivity index (χ1n) is 10.8. The summed E-state index contributed by atoms with van der Waals surface area (Å²) < 4.78 is 33.8. The maximum absolute atomic E-state index is 13.4. The van der Waals surface area contributed by atoms with Crippen molar-refractivity contribution in [2.75, 3.05) is 24.0 Å². The third kappa shape index (κ3) is 6.35. The number of sulfonamides is 1. The Bertz CT molecular complexity index is 1200. The van der Waals surface area contributed by atoms with Crippen LogP contribution in [0.3, 0.4) is 0 Å². The summed E-state index contributed by atoms with van der Waals surface area (Å²) in [5.41, 5.74) is 4.37. The minimum Gasteiger partial charge on any atom is -0.492 e. The van der Waals surface area contributed by atoms with Crippen LogP contribution in [0.1, 0.15) is 22.3 Å². The van der Waals surface area contributed by atoms with Crippen molar-refractivity contribution in [2.45, 2.75) is 32.6 Å². The summed E-state index contributed by atoms with van der Waals surface area (Å²) in [6, 6.07) is 19.6. The largest absolute Gasteiger partial charge is 0.492 e. The van der Waals surface area contributed by atoms with Gasteiger partial charge in [-0.05, 0) is 80.3 Å². The maximum Gasteiger partial charge on any atom is 0.264 e. The van der Waals surface area contributed by atoms with Crippen LogP contribution in [0, 0.1) is 27.7 Å². The molecule has 3 aromatic carbocycles. The number of anilines is 1. The Balaban J connectivity index is 1.73. The molecule has 0 saturated heterocycles. The lowest BCUT2D eigenvalue weighted by Crippen LogP contribution is -2.42. The molecule has 7 heteroatoms. The van der Waals surface area contributed by atoms with Crippen molar-refractivity contribution in [3.05, 3.63) is 89.0 Å². The van der Waals surface area contributed by atoms with Crippen LogP contribution in [-0.4, -0.2) is 34.0 Å². The number of hydrogen-bond donors (Lipinski definition) is 1. The zero-order chi connectivity index (χ0) is 24.0. The molecular weight excluding hydrogens is 436 g/mol. The molecule has 3 aromatic rings. The summed E-state index contributed by atoms with van der Waals surface area (Å²) in [7, 11) is -3.93. The fourth-order valence-electron chi connectivity index (χ4n) is 3.57. The summed E-state index contributed by atoms with van der Waals surface area (Å²) in [6.07, 6.45) is 0. The fourth-order valence-corrected chi connectivity index (χ4v) is 5.07. The van der Waals surface area contributed by atoms with Gasteiger partial charge in [-0.3, -0.25) is 9.10 Å². The summed E-state index contributed by atoms with van der Waals surface area (Å²) >= 11 is 0. The Morgan fingerprint density at radius 3 is 2.21 bits per heavy atom. The third-order valence-electron chi connectivity index (χ3n) is 5.14. The molecule has 6 nitrogen and oxygen atoms in total. The SMILES string of the molecule is Cc1cc(C)cc(OCCNC(=O)CN(c2cc(C)ccc2C)S(=O)(=O)c2ccccc2)c1. The van der Waals surface area contributed by atoms with Gasteiger partial charge in [0.2, 0.25) is 5.91 Å². The third-order valence-corrected chi connectivity index (χ3v) is 6.91. The zero-order valence-electron chi connectivity index (χ0n) is 19.5. The lowest BCUT2D eigenvalue weighted by atomic mass is 10.1. The first kappa shape index (κ1) is 24.3. The van der Waals surface area contributed by atoms with Gasteiger partial charge in [0.1, 0.15) is 18.9 Å².